The summed E-state index contributed by atoms with van der Waals surface area (Å²) >= 11 is 0. The predicted octanol–water partition coefficient (Wildman–Crippen LogP) is 2.90. The Balaban J connectivity index is 1.60. The lowest BCUT2D eigenvalue weighted by Gasteiger charge is -2.26. The van der Waals surface area contributed by atoms with E-state index in [0.29, 0.717) is 5.69 Å². The Morgan fingerprint density at radius 1 is 1.09 bits per heavy atom. The average Bonchev–Trinajstić information content (AvgIpc) is 3.16. The van der Waals surface area contributed by atoms with Gasteiger partial charge in [-0.1, -0.05) is 30.3 Å². The van der Waals surface area contributed by atoms with Crippen LogP contribution in [0.4, 0.5) is 5.69 Å². The summed E-state index contributed by atoms with van der Waals surface area (Å²) in [5, 5.41) is 2.14. The number of anilines is 1. The lowest BCUT2D eigenvalue weighted by molar-refractivity contribution is -0.126. The van der Waals surface area contributed by atoms with Gasteiger partial charge in [0.15, 0.2) is 0 Å². The molecule has 23 heavy (non-hydrogen) atoms. The van der Waals surface area contributed by atoms with Crippen molar-refractivity contribution in [2.75, 3.05) is 4.90 Å². The molecular weight excluding hydrogens is 290 g/mol. The molecule has 2 bridgehead atoms. The van der Waals surface area contributed by atoms with Crippen LogP contribution in [0.3, 0.4) is 0 Å². The van der Waals surface area contributed by atoms with Crippen molar-refractivity contribution < 1.29 is 14.3 Å². The van der Waals surface area contributed by atoms with E-state index < -0.39 is 5.60 Å². The Bertz CT molecular complexity index is 861. The lowest BCUT2D eigenvalue weighted by atomic mass is 9.74. The van der Waals surface area contributed by atoms with Crippen LogP contribution in [0.5, 0.6) is 0 Å². The highest BCUT2D eigenvalue weighted by molar-refractivity contribution is 6.23. The summed E-state index contributed by atoms with van der Waals surface area (Å²) in [5.74, 6) is -0.809. The van der Waals surface area contributed by atoms with Crippen LogP contribution >= 0.6 is 0 Å². The fraction of sp³-hybridized carbons (Fsp3) is 0.368. The Labute approximate surface area is 134 Å². The average molecular weight is 307 g/mol. The van der Waals surface area contributed by atoms with Crippen molar-refractivity contribution in [3.8, 4) is 0 Å². The number of hydrogen-bond donors (Lipinski definition) is 0. The highest BCUT2D eigenvalue weighted by Gasteiger charge is 2.67. The van der Waals surface area contributed by atoms with Gasteiger partial charge in [0, 0.05) is 0 Å². The van der Waals surface area contributed by atoms with Gasteiger partial charge in [0.25, 0.3) is 0 Å². The van der Waals surface area contributed by atoms with E-state index >= 15 is 0 Å². The van der Waals surface area contributed by atoms with E-state index in [1.165, 1.54) is 4.90 Å². The maximum atomic E-state index is 13.0. The molecule has 0 saturated carbocycles. The minimum atomic E-state index is -0.465. The van der Waals surface area contributed by atoms with E-state index in [2.05, 4.69) is 0 Å². The van der Waals surface area contributed by atoms with Crippen LogP contribution in [0.1, 0.15) is 19.8 Å². The molecular formula is C19H17NO3. The minimum absolute atomic E-state index is 0.0908. The fourth-order valence-electron chi connectivity index (χ4n) is 4.65. The van der Waals surface area contributed by atoms with Crippen molar-refractivity contribution in [1.82, 2.24) is 0 Å². The predicted molar refractivity (Wildman–Crippen MR) is 85.9 cm³/mol. The molecule has 3 aliphatic rings. The quantitative estimate of drug-likeness (QED) is 0.761. The zero-order chi connectivity index (χ0) is 15.8. The van der Waals surface area contributed by atoms with Crippen LogP contribution in [0, 0.1) is 11.8 Å². The maximum absolute atomic E-state index is 13.0. The number of benzene rings is 2. The summed E-state index contributed by atoms with van der Waals surface area (Å²) in [5.41, 5.74) is 0.212. The Morgan fingerprint density at radius 2 is 1.87 bits per heavy atom. The maximum Gasteiger partial charge on any atom is 0.240 e. The van der Waals surface area contributed by atoms with Gasteiger partial charge in [-0.25, -0.2) is 4.90 Å². The van der Waals surface area contributed by atoms with Gasteiger partial charge in [0.2, 0.25) is 11.8 Å². The molecule has 2 aromatic rings. The first-order chi connectivity index (χ1) is 11.1. The third kappa shape index (κ3) is 1.59. The molecule has 0 radical (unpaired) electrons. The number of imide groups is 1. The van der Waals surface area contributed by atoms with Crippen molar-refractivity contribution in [1.29, 1.82) is 0 Å². The van der Waals surface area contributed by atoms with E-state index in [0.717, 1.165) is 23.6 Å². The van der Waals surface area contributed by atoms with Crippen molar-refractivity contribution >= 4 is 28.3 Å². The van der Waals surface area contributed by atoms with Gasteiger partial charge >= 0.3 is 0 Å². The molecule has 2 unspecified atom stereocenters. The van der Waals surface area contributed by atoms with Crippen LogP contribution in [-0.4, -0.2) is 23.5 Å². The Morgan fingerprint density at radius 3 is 2.65 bits per heavy atom. The standard InChI is InChI=1S/C19H17NO3/c1-19-9-8-14(23-19)15-16(19)18(22)20(17(15)21)13-7-6-11-4-2-3-5-12(11)10-13/h2-7,10,14-16H,8-9H2,1H3/t14?,15-,16+,19?/m1/s1. The Hall–Kier alpha value is -2.20. The van der Waals surface area contributed by atoms with Gasteiger partial charge < -0.3 is 4.74 Å². The molecule has 0 aliphatic carbocycles. The molecule has 3 saturated heterocycles. The second kappa shape index (κ2) is 4.20. The molecule has 4 nitrogen and oxygen atoms in total. The molecule has 4 heteroatoms. The summed E-state index contributed by atoms with van der Waals surface area (Å²) in [7, 11) is 0. The molecule has 3 fully saturated rings. The van der Waals surface area contributed by atoms with Gasteiger partial charge in [0.1, 0.15) is 0 Å². The van der Waals surface area contributed by atoms with Crippen molar-refractivity contribution in [2.24, 2.45) is 11.8 Å². The monoisotopic (exact) mass is 307 g/mol. The van der Waals surface area contributed by atoms with E-state index in [1.54, 1.807) is 0 Å². The zero-order valence-electron chi connectivity index (χ0n) is 12.9. The summed E-state index contributed by atoms with van der Waals surface area (Å²) in [6.07, 6.45) is 1.65. The number of fused-ring (bicyclic) bond motifs is 6. The summed E-state index contributed by atoms with van der Waals surface area (Å²) in [6, 6.07) is 13.7. The van der Waals surface area contributed by atoms with Crippen molar-refractivity contribution in [3.05, 3.63) is 42.5 Å². The van der Waals surface area contributed by atoms with Gasteiger partial charge in [-0.2, -0.15) is 0 Å². The van der Waals surface area contributed by atoms with E-state index in [4.69, 9.17) is 4.74 Å². The molecule has 4 atom stereocenters. The molecule has 3 aliphatic heterocycles. The summed E-state index contributed by atoms with van der Waals surface area (Å²) in [4.78, 5) is 27.2. The van der Waals surface area contributed by atoms with Gasteiger partial charge in [0.05, 0.1) is 29.2 Å². The topological polar surface area (TPSA) is 46.6 Å². The van der Waals surface area contributed by atoms with Crippen LogP contribution < -0.4 is 4.90 Å². The van der Waals surface area contributed by atoms with Crippen LogP contribution in [-0.2, 0) is 14.3 Å². The summed E-state index contributed by atoms with van der Waals surface area (Å²) in [6.45, 7) is 1.98. The number of carbonyl (C=O) groups excluding carboxylic acids is 2. The van der Waals surface area contributed by atoms with Gasteiger partial charge in [-0.3, -0.25) is 9.59 Å². The lowest BCUT2D eigenvalue weighted by Crippen LogP contribution is -2.39. The first-order valence-corrected chi connectivity index (χ1v) is 8.13. The van der Waals surface area contributed by atoms with Gasteiger partial charge in [-0.05, 0) is 42.7 Å². The second-order valence-corrected chi connectivity index (χ2v) is 7.05. The third-order valence-electron chi connectivity index (χ3n) is 5.75. The van der Waals surface area contributed by atoms with Crippen molar-refractivity contribution in [3.63, 3.8) is 0 Å². The number of rotatable bonds is 1. The Kier molecular flexibility index (Phi) is 2.42. The first kappa shape index (κ1) is 13.3. The number of ether oxygens (including phenoxy) is 1. The molecule has 116 valence electrons. The molecule has 0 N–H and O–H groups in total. The first-order valence-electron chi connectivity index (χ1n) is 8.13. The second-order valence-electron chi connectivity index (χ2n) is 7.05. The number of hydrogen-bond acceptors (Lipinski definition) is 3. The van der Waals surface area contributed by atoms with Crippen LogP contribution in [0.25, 0.3) is 10.8 Å². The highest BCUT2D eigenvalue weighted by Crippen LogP contribution is 2.55. The van der Waals surface area contributed by atoms with Crippen LogP contribution in [0.2, 0.25) is 0 Å². The highest BCUT2D eigenvalue weighted by atomic mass is 16.5. The largest absolute Gasteiger partial charge is 0.370 e. The molecule has 0 aromatic heterocycles. The normalized spacial score (nSPS) is 35.3. The molecule has 2 amide bonds. The smallest absolute Gasteiger partial charge is 0.240 e. The summed E-state index contributed by atoms with van der Waals surface area (Å²) < 4.78 is 5.95. The zero-order valence-corrected chi connectivity index (χ0v) is 12.9. The number of nitrogens with zero attached hydrogens (tertiary/aromatic N) is 1. The SMILES string of the molecule is CC12CCC(O1)[C@H]1C(=O)N(c3ccc4ccccc4c3)C(=O)[C@H]12. The van der Waals surface area contributed by atoms with Gasteiger partial charge in [-0.15, -0.1) is 0 Å². The van der Waals surface area contributed by atoms with E-state index in [-0.39, 0.29) is 29.8 Å². The molecule has 3 heterocycles. The number of amides is 2. The fourth-order valence-corrected chi connectivity index (χ4v) is 4.65. The number of carbonyl (C=O) groups is 2. The third-order valence-corrected chi connectivity index (χ3v) is 5.75. The molecule has 2 aromatic carbocycles. The minimum Gasteiger partial charge on any atom is -0.370 e. The van der Waals surface area contributed by atoms with Crippen molar-refractivity contribution in [2.45, 2.75) is 31.5 Å². The van der Waals surface area contributed by atoms with E-state index in [1.807, 2.05) is 49.4 Å². The molecule has 5 rings (SSSR count). The van der Waals surface area contributed by atoms with E-state index in [9.17, 15) is 9.59 Å². The van der Waals surface area contributed by atoms with Crippen LogP contribution in [0.15, 0.2) is 42.5 Å². The molecule has 0 spiro atoms.